The maximum atomic E-state index is 13.9. The zero-order chi connectivity index (χ0) is 17.6. The van der Waals surface area contributed by atoms with Gasteiger partial charge >= 0.3 is 7.12 Å². The third-order valence-electron chi connectivity index (χ3n) is 5.17. The molecule has 6 nitrogen and oxygen atoms in total. The molecule has 3 saturated heterocycles. The molecule has 5 rings (SSSR count). The van der Waals surface area contributed by atoms with Crippen molar-refractivity contribution in [1.82, 2.24) is 9.88 Å². The fourth-order valence-electron chi connectivity index (χ4n) is 3.76. The van der Waals surface area contributed by atoms with Crippen molar-refractivity contribution in [3.05, 3.63) is 47.9 Å². The fraction of sp³-hybridized carbons (Fsp3) is 0.353. The van der Waals surface area contributed by atoms with Gasteiger partial charge in [0.15, 0.2) is 0 Å². The first kappa shape index (κ1) is 16.3. The van der Waals surface area contributed by atoms with Gasteiger partial charge in [-0.25, -0.2) is 9.37 Å². The molecule has 25 heavy (non-hydrogen) atoms. The number of aromatic hydroxyl groups is 1. The van der Waals surface area contributed by atoms with Crippen LogP contribution in [-0.4, -0.2) is 57.3 Å². The first-order valence-electron chi connectivity index (χ1n) is 8.32. The van der Waals surface area contributed by atoms with Crippen molar-refractivity contribution >= 4 is 18.4 Å². The van der Waals surface area contributed by atoms with Crippen molar-refractivity contribution < 1.29 is 19.5 Å². The number of pyridine rings is 1. The molecule has 130 valence electrons. The summed E-state index contributed by atoms with van der Waals surface area (Å²) in [6, 6.07) is 8.42. The molecule has 3 fully saturated rings. The van der Waals surface area contributed by atoms with E-state index in [1.54, 1.807) is 12.1 Å². The lowest BCUT2D eigenvalue weighted by Crippen LogP contribution is -2.68. The van der Waals surface area contributed by atoms with E-state index in [0.29, 0.717) is 29.7 Å². The highest BCUT2D eigenvalue weighted by Gasteiger charge is 2.45. The molecule has 2 atom stereocenters. The van der Waals surface area contributed by atoms with Crippen LogP contribution in [-0.2, 0) is 6.54 Å². The Balaban J connectivity index is 1.44. The number of piperidine rings is 1. The van der Waals surface area contributed by atoms with Gasteiger partial charge in [-0.05, 0) is 24.6 Å². The Bertz CT molecular complexity index is 742. The van der Waals surface area contributed by atoms with Crippen molar-refractivity contribution in [2.45, 2.75) is 25.0 Å². The Hall–Kier alpha value is -2.16. The molecule has 2 aromatic rings. The van der Waals surface area contributed by atoms with E-state index in [1.165, 1.54) is 24.4 Å². The van der Waals surface area contributed by atoms with Crippen LogP contribution in [0.4, 0.5) is 10.2 Å². The smallest absolute Gasteiger partial charge is 0.490 e. The molecule has 2 unspecified atom stereocenters. The highest BCUT2D eigenvalue weighted by Crippen LogP contribution is 2.36. The van der Waals surface area contributed by atoms with Gasteiger partial charge in [-0.15, -0.1) is 0 Å². The molecule has 0 saturated carbocycles. The van der Waals surface area contributed by atoms with E-state index >= 15 is 0 Å². The maximum absolute atomic E-state index is 13.9. The largest absolute Gasteiger partial charge is 0.508 e. The van der Waals surface area contributed by atoms with Crippen LogP contribution < -0.4 is 10.4 Å². The normalized spacial score (nSPS) is 22.6. The molecule has 4 heterocycles. The van der Waals surface area contributed by atoms with Crippen molar-refractivity contribution in [3.63, 3.8) is 0 Å². The summed E-state index contributed by atoms with van der Waals surface area (Å²) in [6.07, 6.45) is 2.52. The van der Waals surface area contributed by atoms with Crippen LogP contribution in [0.3, 0.4) is 0 Å². The second-order valence-electron chi connectivity index (χ2n) is 6.68. The van der Waals surface area contributed by atoms with Crippen LogP contribution in [0.25, 0.3) is 0 Å². The lowest BCUT2D eigenvalue weighted by atomic mass is 9.82. The van der Waals surface area contributed by atoms with E-state index in [0.717, 1.165) is 25.3 Å². The van der Waals surface area contributed by atoms with Gasteiger partial charge in [0.2, 0.25) is 0 Å². The van der Waals surface area contributed by atoms with Crippen LogP contribution >= 0.6 is 0 Å². The fourth-order valence-corrected chi connectivity index (χ4v) is 3.76. The quantitative estimate of drug-likeness (QED) is 0.682. The lowest BCUT2D eigenvalue weighted by Gasteiger charge is -2.56. The average Bonchev–Trinajstić information content (AvgIpc) is 2.61. The molecule has 1 aromatic heterocycles. The van der Waals surface area contributed by atoms with E-state index in [-0.39, 0.29) is 11.6 Å². The number of anilines is 1. The Morgan fingerprint density at radius 1 is 1.16 bits per heavy atom. The lowest BCUT2D eigenvalue weighted by molar-refractivity contribution is -0.00996. The third kappa shape index (κ3) is 2.97. The minimum atomic E-state index is -1.51. The van der Waals surface area contributed by atoms with Gasteiger partial charge in [0.25, 0.3) is 0 Å². The van der Waals surface area contributed by atoms with Crippen molar-refractivity contribution in [1.29, 1.82) is 0 Å². The van der Waals surface area contributed by atoms with E-state index in [9.17, 15) is 9.50 Å². The summed E-state index contributed by atoms with van der Waals surface area (Å²) in [5, 5.41) is 28.2. The molecule has 3 N–H and O–H groups in total. The van der Waals surface area contributed by atoms with E-state index in [4.69, 9.17) is 10.0 Å². The second kappa shape index (κ2) is 6.29. The number of halogens is 1. The topological polar surface area (TPSA) is 80.1 Å². The Morgan fingerprint density at radius 2 is 1.92 bits per heavy atom. The van der Waals surface area contributed by atoms with Crippen molar-refractivity contribution in [3.8, 4) is 5.75 Å². The molecule has 1 aromatic carbocycles. The number of phenolic OH excluding ortho intramolecular Hbond substituents is 1. The maximum Gasteiger partial charge on any atom is 0.490 e. The van der Waals surface area contributed by atoms with Gasteiger partial charge in [0.05, 0.1) is 0 Å². The van der Waals surface area contributed by atoms with E-state index in [1.807, 2.05) is 0 Å². The number of fused-ring (bicyclic) bond motifs is 2. The summed E-state index contributed by atoms with van der Waals surface area (Å²) in [6.45, 7) is 1.96. The van der Waals surface area contributed by atoms with Crippen molar-refractivity contribution in [2.75, 3.05) is 18.0 Å². The van der Waals surface area contributed by atoms with Gasteiger partial charge in [-0.2, -0.15) is 0 Å². The molecule has 3 aliphatic heterocycles. The Kier molecular flexibility index (Phi) is 4.11. The summed E-state index contributed by atoms with van der Waals surface area (Å²) >= 11 is 0. The molecule has 0 spiro atoms. The predicted molar refractivity (Wildman–Crippen MR) is 92.1 cm³/mol. The molecule has 0 aliphatic carbocycles. The third-order valence-corrected chi connectivity index (χ3v) is 5.17. The number of rotatable bonds is 4. The number of benzene rings is 1. The Morgan fingerprint density at radius 3 is 2.52 bits per heavy atom. The number of hydrogen-bond acceptors (Lipinski definition) is 6. The van der Waals surface area contributed by atoms with Gasteiger partial charge in [0.1, 0.15) is 17.4 Å². The molecular weight excluding hydrogens is 324 g/mol. The molecule has 2 bridgehead atoms. The van der Waals surface area contributed by atoms with E-state index < -0.39 is 7.12 Å². The number of phenols is 1. The molecule has 8 heteroatoms. The van der Waals surface area contributed by atoms with E-state index in [2.05, 4.69) is 14.8 Å². The van der Waals surface area contributed by atoms with Gasteiger partial charge in [0, 0.05) is 48.9 Å². The number of hydrogen-bond donors (Lipinski definition) is 3. The highest BCUT2D eigenvalue weighted by atomic mass is 19.1. The minimum absolute atomic E-state index is 0.00152. The number of aromatic nitrogens is 1. The predicted octanol–water partition coefficient (Wildman–Crippen LogP) is 0.0692. The molecule has 0 amide bonds. The second-order valence-corrected chi connectivity index (χ2v) is 6.68. The highest BCUT2D eigenvalue weighted by molar-refractivity contribution is 6.58. The zero-order valence-corrected chi connectivity index (χ0v) is 13.6. The molecule has 0 radical (unpaired) electrons. The Labute approximate surface area is 145 Å². The van der Waals surface area contributed by atoms with Crippen LogP contribution in [0.2, 0.25) is 0 Å². The summed E-state index contributed by atoms with van der Waals surface area (Å²) < 4.78 is 13.9. The standard InChI is InChI=1S/C17H19BFN3O3/c19-15-2-1-3-16(23)14(15)10-22-12-6-13(22)9-21(8-12)17-5-4-11(7-20-17)18(24)25/h1-5,7,12-13,23-25H,6,8-10H2. The first-order valence-corrected chi connectivity index (χ1v) is 8.32. The van der Waals surface area contributed by atoms with Crippen LogP contribution in [0.15, 0.2) is 36.5 Å². The van der Waals surface area contributed by atoms with Gasteiger partial charge in [-0.3, -0.25) is 4.90 Å². The van der Waals surface area contributed by atoms with Crippen molar-refractivity contribution in [2.24, 2.45) is 0 Å². The van der Waals surface area contributed by atoms with Gasteiger partial charge < -0.3 is 20.1 Å². The first-order chi connectivity index (χ1) is 12.0. The van der Waals surface area contributed by atoms with Gasteiger partial charge in [-0.1, -0.05) is 12.1 Å². The van der Waals surface area contributed by atoms with Crippen LogP contribution in [0.1, 0.15) is 12.0 Å². The van der Waals surface area contributed by atoms with Crippen LogP contribution in [0.5, 0.6) is 5.75 Å². The van der Waals surface area contributed by atoms with Crippen LogP contribution in [0, 0.1) is 5.82 Å². The monoisotopic (exact) mass is 343 g/mol. The minimum Gasteiger partial charge on any atom is -0.508 e. The summed E-state index contributed by atoms with van der Waals surface area (Å²) in [5.74, 6) is 0.427. The average molecular weight is 343 g/mol. The molecule has 3 aliphatic rings. The number of piperazine rings is 1. The zero-order valence-electron chi connectivity index (χ0n) is 13.6. The SMILES string of the molecule is OB(O)c1ccc(N2CC3CC(C2)N3Cc2c(O)cccc2F)nc1. The molecular formula is C17H19BFN3O3. The summed E-state index contributed by atoms with van der Waals surface area (Å²) in [7, 11) is -1.51. The summed E-state index contributed by atoms with van der Waals surface area (Å²) in [5.41, 5.74) is 0.715. The number of nitrogens with zero attached hydrogens (tertiary/aromatic N) is 3. The summed E-state index contributed by atoms with van der Waals surface area (Å²) in [4.78, 5) is 8.68.